The van der Waals surface area contributed by atoms with Gasteiger partial charge in [-0.25, -0.2) is 8.42 Å². The van der Waals surface area contributed by atoms with Crippen LogP contribution >= 0.6 is 27.5 Å². The molecule has 0 amide bonds. The van der Waals surface area contributed by atoms with Gasteiger partial charge in [0.2, 0.25) is 10.0 Å². The zero-order chi connectivity index (χ0) is 14.0. The van der Waals surface area contributed by atoms with Crippen LogP contribution in [0.25, 0.3) is 0 Å². The van der Waals surface area contributed by atoms with Crippen molar-refractivity contribution in [2.45, 2.75) is 48.9 Å². The highest BCUT2D eigenvalue weighted by atomic mass is 79.9. The Morgan fingerprint density at radius 1 is 1.42 bits per heavy atom. The van der Waals surface area contributed by atoms with E-state index in [1.54, 1.807) is 7.05 Å². The maximum absolute atomic E-state index is 12.6. The summed E-state index contributed by atoms with van der Waals surface area (Å²) < 4.78 is 32.1. The van der Waals surface area contributed by atoms with Gasteiger partial charge in [-0.15, -0.1) is 11.6 Å². The van der Waals surface area contributed by atoms with Crippen LogP contribution in [0.2, 0.25) is 0 Å². The van der Waals surface area contributed by atoms with Crippen molar-refractivity contribution in [2.24, 2.45) is 0 Å². The molecule has 0 radical (unpaired) electrons. The predicted molar refractivity (Wildman–Crippen MR) is 77.8 cm³/mol. The van der Waals surface area contributed by atoms with Crippen molar-refractivity contribution in [1.29, 1.82) is 0 Å². The molecule has 19 heavy (non-hydrogen) atoms. The fourth-order valence-electron chi connectivity index (χ4n) is 2.44. The minimum Gasteiger partial charge on any atom is -0.452 e. The van der Waals surface area contributed by atoms with E-state index < -0.39 is 10.0 Å². The second-order valence-corrected chi connectivity index (χ2v) is 7.75. The molecule has 108 valence electrons. The molecular weight excluding hydrogens is 354 g/mol. The number of rotatable bonds is 4. The molecule has 0 bridgehead atoms. The lowest BCUT2D eigenvalue weighted by atomic mass is 9.96. The average molecular weight is 371 g/mol. The number of nitrogens with zero attached hydrogens (tertiary/aromatic N) is 1. The second kappa shape index (κ2) is 6.16. The van der Waals surface area contributed by atoms with Crippen LogP contribution in [0.1, 0.15) is 37.9 Å². The number of alkyl halides is 1. The number of sulfonamides is 1. The first-order valence-corrected chi connectivity index (χ1v) is 9.05. The van der Waals surface area contributed by atoms with Crippen molar-refractivity contribution in [2.75, 3.05) is 7.05 Å². The van der Waals surface area contributed by atoms with Crippen LogP contribution in [0.3, 0.4) is 0 Å². The Hall–Kier alpha value is -0.0400. The SMILES string of the molecule is CN(C1CCCCC1)S(=O)(=O)c1cc(CCl)oc1Br. The topological polar surface area (TPSA) is 50.5 Å². The highest BCUT2D eigenvalue weighted by molar-refractivity contribution is 9.10. The van der Waals surface area contributed by atoms with Gasteiger partial charge < -0.3 is 4.42 Å². The molecule has 7 heteroatoms. The van der Waals surface area contributed by atoms with E-state index in [1.165, 1.54) is 16.8 Å². The minimum absolute atomic E-state index is 0.0833. The van der Waals surface area contributed by atoms with Gasteiger partial charge in [-0.2, -0.15) is 4.31 Å². The zero-order valence-corrected chi connectivity index (χ0v) is 13.9. The van der Waals surface area contributed by atoms with Crippen molar-refractivity contribution < 1.29 is 12.8 Å². The van der Waals surface area contributed by atoms with Crippen LogP contribution in [0, 0.1) is 0 Å². The van der Waals surface area contributed by atoms with Gasteiger partial charge in [0.15, 0.2) is 4.67 Å². The summed E-state index contributed by atoms with van der Waals surface area (Å²) in [5.41, 5.74) is 0. The van der Waals surface area contributed by atoms with Crippen molar-refractivity contribution in [3.63, 3.8) is 0 Å². The van der Waals surface area contributed by atoms with Gasteiger partial charge in [0, 0.05) is 19.2 Å². The third kappa shape index (κ3) is 3.17. The van der Waals surface area contributed by atoms with Crippen molar-refractivity contribution in [3.05, 3.63) is 16.5 Å². The zero-order valence-electron chi connectivity index (χ0n) is 10.7. The van der Waals surface area contributed by atoms with E-state index >= 15 is 0 Å². The Kier molecular flexibility index (Phi) is 4.98. The lowest BCUT2D eigenvalue weighted by Gasteiger charge is -2.30. The fourth-order valence-corrected chi connectivity index (χ4v) is 4.94. The molecule has 1 heterocycles. The largest absolute Gasteiger partial charge is 0.452 e. The first-order valence-electron chi connectivity index (χ1n) is 6.29. The molecule has 1 aromatic heterocycles. The summed E-state index contributed by atoms with van der Waals surface area (Å²) in [7, 11) is -1.88. The Bertz CT molecular complexity index is 537. The van der Waals surface area contributed by atoms with Crippen LogP contribution in [0.4, 0.5) is 0 Å². The predicted octanol–water partition coefficient (Wildman–Crippen LogP) is 3.73. The molecule has 1 fully saturated rings. The van der Waals surface area contributed by atoms with E-state index in [2.05, 4.69) is 15.9 Å². The maximum Gasteiger partial charge on any atom is 0.247 e. The summed E-state index contributed by atoms with van der Waals surface area (Å²) in [4.78, 5) is 0.163. The Labute approximate surface area is 127 Å². The minimum atomic E-state index is -3.52. The number of hydrogen-bond acceptors (Lipinski definition) is 3. The van der Waals surface area contributed by atoms with E-state index in [0.717, 1.165) is 25.7 Å². The summed E-state index contributed by atoms with van der Waals surface area (Å²) in [6, 6.07) is 1.58. The molecule has 1 aliphatic carbocycles. The van der Waals surface area contributed by atoms with Crippen LogP contribution in [-0.2, 0) is 15.9 Å². The molecule has 0 aliphatic heterocycles. The van der Waals surface area contributed by atoms with Gasteiger partial charge in [0.25, 0.3) is 0 Å². The smallest absolute Gasteiger partial charge is 0.247 e. The molecule has 0 saturated heterocycles. The monoisotopic (exact) mass is 369 g/mol. The summed E-state index contributed by atoms with van der Waals surface area (Å²) in [5.74, 6) is 0.602. The molecule has 1 aromatic rings. The summed E-state index contributed by atoms with van der Waals surface area (Å²) >= 11 is 8.82. The first kappa shape index (κ1) is 15.4. The molecule has 1 saturated carbocycles. The standard InChI is InChI=1S/C12H17BrClNO3S/c1-15(9-5-3-2-4-6-9)19(16,17)11-7-10(8-14)18-12(11)13/h7,9H,2-6,8H2,1H3. The lowest BCUT2D eigenvalue weighted by Crippen LogP contribution is -2.38. The fraction of sp³-hybridized carbons (Fsp3) is 0.667. The van der Waals surface area contributed by atoms with E-state index in [0.29, 0.717) is 5.76 Å². The van der Waals surface area contributed by atoms with Crippen molar-refractivity contribution >= 4 is 37.6 Å². The molecule has 0 aromatic carbocycles. The molecule has 0 N–H and O–H groups in total. The molecular formula is C12H17BrClNO3S. The highest BCUT2D eigenvalue weighted by Crippen LogP contribution is 2.32. The summed E-state index contributed by atoms with van der Waals surface area (Å²) in [5, 5.41) is 0. The lowest BCUT2D eigenvalue weighted by molar-refractivity contribution is 0.285. The molecule has 0 atom stereocenters. The third-order valence-corrected chi connectivity index (χ3v) is 6.61. The van der Waals surface area contributed by atoms with E-state index in [1.807, 2.05) is 0 Å². The van der Waals surface area contributed by atoms with Gasteiger partial charge >= 0.3 is 0 Å². The van der Waals surface area contributed by atoms with Gasteiger partial charge in [0.05, 0.1) is 5.88 Å². The average Bonchev–Trinajstić information content (AvgIpc) is 2.81. The van der Waals surface area contributed by atoms with E-state index in [9.17, 15) is 8.42 Å². The number of halogens is 2. The van der Waals surface area contributed by atoms with E-state index in [4.69, 9.17) is 16.0 Å². The Morgan fingerprint density at radius 2 is 2.05 bits per heavy atom. The van der Waals surface area contributed by atoms with Crippen LogP contribution in [0.5, 0.6) is 0 Å². The van der Waals surface area contributed by atoms with E-state index in [-0.39, 0.29) is 21.5 Å². The summed E-state index contributed by atoms with van der Waals surface area (Å²) in [6.07, 6.45) is 5.21. The highest BCUT2D eigenvalue weighted by Gasteiger charge is 2.32. The summed E-state index contributed by atoms with van der Waals surface area (Å²) in [6.45, 7) is 0. The first-order chi connectivity index (χ1) is 8.96. The van der Waals surface area contributed by atoms with Gasteiger partial charge in [0.1, 0.15) is 10.7 Å². The Balaban J connectivity index is 2.27. The van der Waals surface area contributed by atoms with Crippen LogP contribution in [0.15, 0.2) is 20.0 Å². The number of furan rings is 1. The molecule has 2 rings (SSSR count). The molecule has 0 spiro atoms. The third-order valence-electron chi connectivity index (χ3n) is 3.58. The Morgan fingerprint density at radius 3 is 2.58 bits per heavy atom. The van der Waals surface area contributed by atoms with Crippen molar-refractivity contribution in [3.8, 4) is 0 Å². The molecule has 1 aliphatic rings. The maximum atomic E-state index is 12.6. The van der Waals surface area contributed by atoms with Crippen LogP contribution in [-0.4, -0.2) is 25.8 Å². The number of hydrogen-bond donors (Lipinski definition) is 0. The molecule has 4 nitrogen and oxygen atoms in total. The van der Waals surface area contributed by atoms with Gasteiger partial charge in [-0.05, 0) is 28.8 Å². The van der Waals surface area contributed by atoms with Gasteiger partial charge in [-0.1, -0.05) is 19.3 Å². The quantitative estimate of drug-likeness (QED) is 0.759. The van der Waals surface area contributed by atoms with Gasteiger partial charge in [-0.3, -0.25) is 0 Å². The molecule has 0 unspecified atom stereocenters. The second-order valence-electron chi connectivity index (χ2n) is 4.80. The van der Waals surface area contributed by atoms with Crippen LogP contribution < -0.4 is 0 Å². The van der Waals surface area contributed by atoms with Crippen molar-refractivity contribution in [1.82, 2.24) is 4.31 Å². The normalized spacial score (nSPS) is 18.1.